The Labute approximate surface area is 97.8 Å². The number of hydrogen-bond donors (Lipinski definition) is 1. The van der Waals surface area contributed by atoms with Crippen LogP contribution in [0.25, 0.3) is 0 Å². The number of piperidine rings is 1. The van der Waals surface area contributed by atoms with E-state index in [0.29, 0.717) is 0 Å². The first kappa shape index (κ1) is 11.3. The van der Waals surface area contributed by atoms with Crippen molar-refractivity contribution in [3.05, 3.63) is 24.3 Å². The molecule has 1 aromatic rings. The molecule has 0 aliphatic carbocycles. The molecule has 0 saturated carbocycles. The van der Waals surface area contributed by atoms with E-state index in [4.69, 9.17) is 5.73 Å². The highest BCUT2D eigenvalue weighted by atomic mass is 15.2. The summed E-state index contributed by atoms with van der Waals surface area (Å²) in [5, 5.41) is 0. The fourth-order valence-electron chi connectivity index (χ4n) is 2.33. The zero-order chi connectivity index (χ0) is 11.5. The van der Waals surface area contributed by atoms with E-state index in [0.717, 1.165) is 24.8 Å². The van der Waals surface area contributed by atoms with E-state index in [2.05, 4.69) is 36.0 Å². The molecule has 2 rings (SSSR count). The summed E-state index contributed by atoms with van der Waals surface area (Å²) in [5.41, 5.74) is 7.83. The Hall–Kier alpha value is -1.22. The van der Waals surface area contributed by atoms with Gasteiger partial charge in [0.1, 0.15) is 0 Å². The Morgan fingerprint density at radius 3 is 2.19 bits per heavy atom. The maximum absolute atomic E-state index is 5.69. The lowest BCUT2D eigenvalue weighted by atomic mass is 10.0. The van der Waals surface area contributed by atoms with Crippen LogP contribution < -0.4 is 10.6 Å². The van der Waals surface area contributed by atoms with Gasteiger partial charge in [-0.25, -0.2) is 0 Å². The second-order valence-corrected chi connectivity index (χ2v) is 4.77. The molecule has 1 aliphatic rings. The molecular weight excluding hydrogens is 198 g/mol. The summed E-state index contributed by atoms with van der Waals surface area (Å²) < 4.78 is 0. The minimum Gasteiger partial charge on any atom is -0.399 e. The van der Waals surface area contributed by atoms with Crippen molar-refractivity contribution in [1.29, 1.82) is 0 Å². The lowest BCUT2D eigenvalue weighted by molar-refractivity contribution is 0.249. The average molecular weight is 219 g/mol. The molecular formula is C13H21N3. The standard InChI is InChI=1S/C13H21N3/c1-15(2)12-7-9-16(10-8-12)13-5-3-11(14)4-6-13/h3-6,12H,7-10,14H2,1-2H3. The molecule has 1 aromatic carbocycles. The minimum absolute atomic E-state index is 0.741. The smallest absolute Gasteiger partial charge is 0.0367 e. The zero-order valence-corrected chi connectivity index (χ0v) is 10.2. The van der Waals surface area contributed by atoms with Crippen molar-refractivity contribution in [2.45, 2.75) is 18.9 Å². The van der Waals surface area contributed by atoms with Gasteiger partial charge in [-0.1, -0.05) is 0 Å². The van der Waals surface area contributed by atoms with E-state index in [-0.39, 0.29) is 0 Å². The average Bonchev–Trinajstić information content (AvgIpc) is 2.30. The minimum atomic E-state index is 0.741. The summed E-state index contributed by atoms with van der Waals surface area (Å²) in [6, 6.07) is 8.93. The van der Waals surface area contributed by atoms with E-state index < -0.39 is 0 Å². The molecule has 1 aliphatic heterocycles. The van der Waals surface area contributed by atoms with Crippen LogP contribution in [0.15, 0.2) is 24.3 Å². The van der Waals surface area contributed by atoms with Gasteiger partial charge in [-0.15, -0.1) is 0 Å². The van der Waals surface area contributed by atoms with Crippen LogP contribution >= 0.6 is 0 Å². The predicted molar refractivity (Wildman–Crippen MR) is 69.8 cm³/mol. The van der Waals surface area contributed by atoms with E-state index >= 15 is 0 Å². The molecule has 0 amide bonds. The van der Waals surface area contributed by atoms with Crippen molar-refractivity contribution in [3.8, 4) is 0 Å². The third-order valence-electron chi connectivity index (χ3n) is 3.45. The van der Waals surface area contributed by atoms with Crippen molar-refractivity contribution in [1.82, 2.24) is 4.90 Å². The van der Waals surface area contributed by atoms with Gasteiger partial charge in [-0.05, 0) is 51.2 Å². The second kappa shape index (κ2) is 4.74. The van der Waals surface area contributed by atoms with Gasteiger partial charge in [0.05, 0.1) is 0 Å². The van der Waals surface area contributed by atoms with Crippen LogP contribution in [0.5, 0.6) is 0 Å². The molecule has 0 bridgehead atoms. The Morgan fingerprint density at radius 2 is 1.69 bits per heavy atom. The summed E-state index contributed by atoms with van der Waals surface area (Å²) in [5.74, 6) is 0. The summed E-state index contributed by atoms with van der Waals surface area (Å²) in [6.07, 6.45) is 2.49. The fourth-order valence-corrected chi connectivity index (χ4v) is 2.33. The molecule has 16 heavy (non-hydrogen) atoms. The molecule has 0 radical (unpaired) electrons. The highest BCUT2D eigenvalue weighted by molar-refractivity contribution is 5.53. The van der Waals surface area contributed by atoms with Crippen LogP contribution in [-0.2, 0) is 0 Å². The van der Waals surface area contributed by atoms with E-state index in [1.165, 1.54) is 18.5 Å². The highest BCUT2D eigenvalue weighted by Gasteiger charge is 2.20. The van der Waals surface area contributed by atoms with Gasteiger partial charge < -0.3 is 15.5 Å². The number of anilines is 2. The van der Waals surface area contributed by atoms with Crippen LogP contribution in [0, 0.1) is 0 Å². The first-order valence-electron chi connectivity index (χ1n) is 5.94. The number of benzene rings is 1. The molecule has 3 nitrogen and oxygen atoms in total. The summed E-state index contributed by atoms with van der Waals surface area (Å²) in [6.45, 7) is 2.29. The van der Waals surface area contributed by atoms with Crippen molar-refractivity contribution in [2.24, 2.45) is 0 Å². The molecule has 1 fully saturated rings. The van der Waals surface area contributed by atoms with E-state index in [9.17, 15) is 0 Å². The van der Waals surface area contributed by atoms with Gasteiger partial charge in [0.2, 0.25) is 0 Å². The normalized spacial score (nSPS) is 18.1. The molecule has 3 heteroatoms. The molecule has 0 unspecified atom stereocenters. The van der Waals surface area contributed by atoms with Crippen LogP contribution in [0.2, 0.25) is 0 Å². The molecule has 1 heterocycles. The molecule has 88 valence electrons. The Bertz CT molecular complexity index is 324. The maximum Gasteiger partial charge on any atom is 0.0367 e. The van der Waals surface area contributed by atoms with Crippen molar-refractivity contribution < 1.29 is 0 Å². The largest absolute Gasteiger partial charge is 0.399 e. The molecule has 2 N–H and O–H groups in total. The lowest BCUT2D eigenvalue weighted by Gasteiger charge is -2.36. The van der Waals surface area contributed by atoms with Crippen LogP contribution in [-0.4, -0.2) is 38.1 Å². The molecule has 0 aromatic heterocycles. The third-order valence-corrected chi connectivity index (χ3v) is 3.45. The third kappa shape index (κ3) is 2.47. The predicted octanol–water partition coefficient (Wildman–Crippen LogP) is 1.80. The van der Waals surface area contributed by atoms with Gasteiger partial charge >= 0.3 is 0 Å². The van der Waals surface area contributed by atoms with Gasteiger partial charge in [-0.2, -0.15) is 0 Å². The zero-order valence-electron chi connectivity index (χ0n) is 10.2. The van der Waals surface area contributed by atoms with Gasteiger partial charge in [0.25, 0.3) is 0 Å². The summed E-state index contributed by atoms with van der Waals surface area (Å²) >= 11 is 0. The van der Waals surface area contributed by atoms with Gasteiger partial charge in [0.15, 0.2) is 0 Å². The summed E-state index contributed by atoms with van der Waals surface area (Å²) in [7, 11) is 4.34. The molecule has 0 atom stereocenters. The van der Waals surface area contributed by atoms with Crippen LogP contribution in [0.1, 0.15) is 12.8 Å². The highest BCUT2D eigenvalue weighted by Crippen LogP contribution is 2.22. The first-order valence-corrected chi connectivity index (χ1v) is 5.94. The Balaban J connectivity index is 1.96. The van der Waals surface area contributed by atoms with Crippen molar-refractivity contribution in [3.63, 3.8) is 0 Å². The summed E-state index contributed by atoms with van der Waals surface area (Å²) in [4.78, 5) is 4.78. The number of rotatable bonds is 2. The van der Waals surface area contributed by atoms with Crippen molar-refractivity contribution >= 4 is 11.4 Å². The van der Waals surface area contributed by atoms with Crippen LogP contribution in [0.3, 0.4) is 0 Å². The number of nitrogens with two attached hydrogens (primary N) is 1. The second-order valence-electron chi connectivity index (χ2n) is 4.77. The van der Waals surface area contributed by atoms with Gasteiger partial charge in [0, 0.05) is 30.5 Å². The topological polar surface area (TPSA) is 32.5 Å². The maximum atomic E-state index is 5.69. The lowest BCUT2D eigenvalue weighted by Crippen LogP contribution is -2.41. The molecule has 0 spiro atoms. The van der Waals surface area contributed by atoms with Crippen LogP contribution in [0.4, 0.5) is 11.4 Å². The number of nitrogen functional groups attached to an aromatic ring is 1. The SMILES string of the molecule is CN(C)C1CCN(c2ccc(N)cc2)CC1. The monoisotopic (exact) mass is 219 g/mol. The van der Waals surface area contributed by atoms with E-state index in [1.807, 2.05) is 12.1 Å². The number of nitrogens with zero attached hydrogens (tertiary/aromatic N) is 2. The number of hydrogen-bond acceptors (Lipinski definition) is 3. The van der Waals surface area contributed by atoms with Crippen molar-refractivity contribution in [2.75, 3.05) is 37.8 Å². The first-order chi connectivity index (χ1) is 7.66. The van der Waals surface area contributed by atoms with E-state index in [1.54, 1.807) is 0 Å². The molecule has 1 saturated heterocycles. The Morgan fingerprint density at radius 1 is 1.12 bits per heavy atom. The quantitative estimate of drug-likeness (QED) is 0.770. The van der Waals surface area contributed by atoms with Gasteiger partial charge in [-0.3, -0.25) is 0 Å². The Kier molecular flexibility index (Phi) is 3.34. The fraction of sp³-hybridized carbons (Fsp3) is 0.538.